The molecule has 2 aliphatic carbocycles. The van der Waals surface area contributed by atoms with Crippen LogP contribution in [0.25, 0.3) is 11.0 Å². The highest BCUT2D eigenvalue weighted by Gasteiger charge is 2.55. The molecule has 1 amide bonds. The number of nitro benzene ring substituents is 1. The van der Waals surface area contributed by atoms with Gasteiger partial charge in [-0.3, -0.25) is 24.7 Å². The lowest BCUT2D eigenvalue weighted by molar-refractivity contribution is -0.384. The molecule has 2 aromatic heterocycles. The molecule has 16 nitrogen and oxygen atoms in total. The van der Waals surface area contributed by atoms with Crippen molar-refractivity contribution in [1.82, 2.24) is 24.5 Å². The molecule has 6 aromatic rings. The number of carbonyl (C=O) groups is 1. The monoisotopic (exact) mass is 1040 g/mol. The molecule has 75 heavy (non-hydrogen) atoms. The molecular formula is C58H68N8O8S. The molecular weight excluding hydrogens is 969 g/mol. The van der Waals surface area contributed by atoms with E-state index in [-0.39, 0.29) is 39.8 Å². The number of carbonyl (C=O) groups excluding carboxylic acids is 1. The van der Waals surface area contributed by atoms with Crippen LogP contribution in [0.3, 0.4) is 0 Å². The van der Waals surface area contributed by atoms with Crippen molar-refractivity contribution in [3.05, 3.63) is 141 Å². The number of sulfonamides is 1. The van der Waals surface area contributed by atoms with E-state index in [0.29, 0.717) is 49.3 Å². The third kappa shape index (κ3) is 10.3. The topological polar surface area (TPSA) is 195 Å². The number of H-pyrrole nitrogens is 1. The summed E-state index contributed by atoms with van der Waals surface area (Å²) >= 11 is 0. The molecule has 17 heteroatoms. The number of anilines is 2. The second-order valence-corrected chi connectivity index (χ2v) is 24.9. The molecule has 4 N–H and O–H groups in total. The average molecular weight is 1040 g/mol. The van der Waals surface area contributed by atoms with Crippen LogP contribution in [-0.4, -0.2) is 102 Å². The van der Waals surface area contributed by atoms with E-state index in [0.717, 1.165) is 87.8 Å². The molecule has 2 saturated heterocycles. The summed E-state index contributed by atoms with van der Waals surface area (Å²) in [7, 11) is -4.59. The van der Waals surface area contributed by atoms with E-state index in [1.54, 1.807) is 30.6 Å². The van der Waals surface area contributed by atoms with Gasteiger partial charge >= 0.3 is 0 Å². The second-order valence-electron chi connectivity index (χ2n) is 23.3. The molecule has 5 aliphatic rings. The first-order valence-electron chi connectivity index (χ1n) is 26.5. The molecule has 394 valence electrons. The first kappa shape index (κ1) is 50.6. The Morgan fingerprint density at radius 1 is 0.987 bits per heavy atom. The van der Waals surface area contributed by atoms with Crippen molar-refractivity contribution < 1.29 is 32.7 Å². The Hall–Kier alpha value is -6.53. The molecule has 0 bridgehead atoms. The number of aromatic nitrogens is 2. The number of pyridine rings is 1. The maximum atomic E-state index is 14.1. The van der Waals surface area contributed by atoms with Crippen LogP contribution < -0.4 is 24.4 Å². The zero-order chi connectivity index (χ0) is 52.4. The predicted molar refractivity (Wildman–Crippen MR) is 289 cm³/mol. The molecule has 1 spiro atoms. The number of piperazine rings is 1. The number of nitro groups is 1. The largest absolute Gasteiger partial charge is 0.492 e. The van der Waals surface area contributed by atoms with Gasteiger partial charge in [0.15, 0.2) is 0 Å². The molecule has 5 heterocycles. The van der Waals surface area contributed by atoms with E-state index >= 15 is 0 Å². The highest BCUT2D eigenvalue weighted by Crippen LogP contribution is 2.54. The van der Waals surface area contributed by atoms with Gasteiger partial charge in [0.2, 0.25) is 0 Å². The first-order valence-corrected chi connectivity index (χ1v) is 27.9. The van der Waals surface area contributed by atoms with E-state index in [1.165, 1.54) is 34.4 Å². The van der Waals surface area contributed by atoms with E-state index in [1.807, 2.05) is 19.1 Å². The van der Waals surface area contributed by atoms with Gasteiger partial charge in [-0.25, -0.2) is 18.1 Å². The van der Waals surface area contributed by atoms with Gasteiger partial charge in [-0.05, 0) is 116 Å². The number of nitrogens with zero attached hydrogens (tertiary/aromatic N) is 5. The van der Waals surface area contributed by atoms with Crippen molar-refractivity contribution in [2.75, 3.05) is 56.1 Å². The van der Waals surface area contributed by atoms with Crippen LogP contribution in [0.15, 0.2) is 108 Å². The van der Waals surface area contributed by atoms with E-state index in [4.69, 9.17) is 9.47 Å². The summed E-state index contributed by atoms with van der Waals surface area (Å²) < 4.78 is 42.4. The van der Waals surface area contributed by atoms with Crippen molar-refractivity contribution >= 4 is 44.0 Å². The molecule has 4 aromatic carbocycles. The van der Waals surface area contributed by atoms with Crippen molar-refractivity contribution in [2.45, 2.75) is 114 Å². The normalized spacial score (nSPS) is 22.6. The van der Waals surface area contributed by atoms with E-state index in [9.17, 15) is 28.4 Å². The zero-order valence-corrected chi connectivity index (χ0v) is 44.3. The summed E-state index contributed by atoms with van der Waals surface area (Å²) in [5.74, 6) is 1.15. The van der Waals surface area contributed by atoms with Crippen molar-refractivity contribution in [3.8, 4) is 17.2 Å². The van der Waals surface area contributed by atoms with Crippen molar-refractivity contribution in [2.24, 2.45) is 11.3 Å². The summed E-state index contributed by atoms with van der Waals surface area (Å²) in [6, 6.07) is 28.8. The van der Waals surface area contributed by atoms with Crippen LogP contribution in [0, 0.1) is 21.4 Å². The fourth-order valence-electron chi connectivity index (χ4n) is 12.4. The third-order valence-corrected chi connectivity index (χ3v) is 18.1. The number of ether oxygens (including phenoxy) is 2. The fraction of sp³-hybridized carbons (Fsp3) is 0.448. The molecule has 2 saturated carbocycles. The number of aliphatic hydroxyl groups is 1. The lowest BCUT2D eigenvalue weighted by Gasteiger charge is -2.63. The second kappa shape index (κ2) is 19.6. The maximum Gasteiger partial charge on any atom is 0.293 e. The standard InChI is InChI=1S/C58H68N8O8S/c1-37(2)45-8-6-7-9-46(45)51-33-63(32-39-10-14-48-53(24-39)73-36-56(48,3)4)22-23-65(51)42-28-58(29-42)34-64(35-58)41-11-13-47(52(26-41)74-43-25-40-18-21-59-54(40)61-31-43)55(67)62-75(71,72)44-12-15-49(50(27-44)66(69)70)60-30-38-16-19-57(5,68)20-17-38/h6-15,18,21,24-27,31,37-38,42,51,60,68H,16-17,19-20,22-23,28-30,32-36H2,1-5H3,(H,59,61)(H,62,67)/t38-,51-,57-/m0/s1. The number of benzene rings is 4. The summed E-state index contributed by atoms with van der Waals surface area (Å²) in [4.78, 5) is 40.5. The Morgan fingerprint density at radius 2 is 1.77 bits per heavy atom. The van der Waals surface area contributed by atoms with Gasteiger partial charge in [0.1, 0.15) is 28.6 Å². The SMILES string of the molecule is CC(C)c1ccccc1[C@@H]1CN(Cc2ccc3c(c2)OCC3(C)C)CCN1C1CC2(C1)CN(c1ccc(C(=O)NS(=O)(=O)c3ccc(NC[C@H]4CC[C@](C)(O)CC4)c([N+](=O)[O-])c3)c(Oc3cnc4[nH]ccc4c3)c1)C2. The van der Waals surface area contributed by atoms with Gasteiger partial charge in [-0.15, -0.1) is 0 Å². The number of aromatic amines is 1. The van der Waals surface area contributed by atoms with Gasteiger partial charge in [-0.2, -0.15) is 0 Å². The van der Waals surface area contributed by atoms with Crippen molar-refractivity contribution in [1.29, 1.82) is 0 Å². The van der Waals surface area contributed by atoms with Gasteiger partial charge in [0, 0.05) is 104 Å². The zero-order valence-electron chi connectivity index (χ0n) is 43.5. The smallest absolute Gasteiger partial charge is 0.293 e. The maximum absolute atomic E-state index is 14.1. The number of fused-ring (bicyclic) bond motifs is 2. The molecule has 11 rings (SSSR count). The number of hydrogen-bond donors (Lipinski definition) is 4. The van der Waals surface area contributed by atoms with Crippen LogP contribution in [-0.2, 0) is 22.0 Å². The highest BCUT2D eigenvalue weighted by molar-refractivity contribution is 7.90. The quantitative estimate of drug-likeness (QED) is 0.0561. The average Bonchev–Trinajstić information content (AvgIpc) is 3.95. The van der Waals surface area contributed by atoms with Gasteiger partial charge < -0.3 is 29.8 Å². The fourth-order valence-corrected chi connectivity index (χ4v) is 13.4. The molecule has 4 fully saturated rings. The van der Waals surface area contributed by atoms with Crippen LogP contribution in [0.1, 0.15) is 118 Å². The van der Waals surface area contributed by atoms with Crippen LogP contribution in [0.4, 0.5) is 17.1 Å². The number of rotatable bonds is 15. The van der Waals surface area contributed by atoms with Crippen LogP contribution in [0.2, 0.25) is 0 Å². The third-order valence-electron chi connectivity index (χ3n) is 16.8. The highest BCUT2D eigenvalue weighted by atomic mass is 32.2. The van der Waals surface area contributed by atoms with Crippen molar-refractivity contribution in [3.63, 3.8) is 0 Å². The minimum atomic E-state index is -4.59. The van der Waals surface area contributed by atoms with Gasteiger partial charge in [0.25, 0.3) is 21.6 Å². The number of hydrogen-bond acceptors (Lipinski definition) is 13. The van der Waals surface area contributed by atoms with Crippen LogP contribution in [0.5, 0.6) is 17.2 Å². The summed E-state index contributed by atoms with van der Waals surface area (Å²) in [6.07, 6.45) is 8.25. The van der Waals surface area contributed by atoms with Gasteiger partial charge in [-0.1, -0.05) is 64.1 Å². The molecule has 3 aliphatic heterocycles. The van der Waals surface area contributed by atoms with E-state index in [2.05, 4.69) is 105 Å². The first-order chi connectivity index (χ1) is 35.8. The lowest BCUT2D eigenvalue weighted by Crippen LogP contribution is -2.68. The Kier molecular flexibility index (Phi) is 13.2. The minimum absolute atomic E-state index is 0.0271. The molecule has 0 unspecified atom stereocenters. The number of nitrogens with one attached hydrogen (secondary N) is 3. The molecule has 1 atom stereocenters. The van der Waals surface area contributed by atoms with E-state index < -0.39 is 37.0 Å². The summed E-state index contributed by atoms with van der Waals surface area (Å²) in [5.41, 5.74) is 6.04. The van der Waals surface area contributed by atoms with Crippen LogP contribution >= 0.6 is 0 Å². The number of amides is 1. The lowest BCUT2D eigenvalue weighted by atomic mass is 9.59. The molecule has 0 radical (unpaired) electrons. The minimum Gasteiger partial charge on any atom is -0.492 e. The Balaban J connectivity index is 0.786. The summed E-state index contributed by atoms with van der Waals surface area (Å²) in [6.45, 7) is 17.4. The van der Waals surface area contributed by atoms with Gasteiger partial charge in [0.05, 0.1) is 33.8 Å². The Labute approximate surface area is 439 Å². The predicted octanol–water partition coefficient (Wildman–Crippen LogP) is 10.1. The summed E-state index contributed by atoms with van der Waals surface area (Å²) in [5, 5.41) is 26.5. The Bertz CT molecular complexity index is 3260. The Morgan fingerprint density at radius 3 is 2.55 bits per heavy atom.